The van der Waals surface area contributed by atoms with Crippen molar-refractivity contribution in [3.63, 3.8) is 0 Å². The lowest BCUT2D eigenvalue weighted by molar-refractivity contribution is -0.118. The van der Waals surface area contributed by atoms with Gasteiger partial charge in [0, 0.05) is 20.1 Å². The van der Waals surface area contributed by atoms with Gasteiger partial charge < -0.3 is 25.1 Å². The minimum Gasteiger partial charge on any atom is -0.369 e. The number of carbonyl (C=O) groups is 1. The molecule has 0 aromatic rings. The van der Waals surface area contributed by atoms with E-state index in [1.165, 1.54) is 6.92 Å². The Balaban J connectivity index is 4.72. The van der Waals surface area contributed by atoms with Gasteiger partial charge in [-0.3, -0.25) is 13.9 Å². The summed E-state index contributed by atoms with van der Waals surface area (Å²) < 4.78 is 22.4. The van der Waals surface area contributed by atoms with E-state index < -0.39 is 26.5 Å². The van der Waals surface area contributed by atoms with E-state index in [4.69, 9.17) is 9.79 Å². The van der Waals surface area contributed by atoms with Crippen LogP contribution in [-0.4, -0.2) is 44.0 Å². The van der Waals surface area contributed by atoms with Gasteiger partial charge in [-0.25, -0.2) is 0 Å². The largest absolute Gasteiger partial charge is 0.369 e. The molecule has 0 aliphatic heterocycles. The molecular weight excluding hydrogens is 272 g/mol. The Hall–Kier alpha value is -0.230. The van der Waals surface area contributed by atoms with Gasteiger partial charge in [0.25, 0.3) is 0 Å². The van der Waals surface area contributed by atoms with Gasteiger partial charge in [-0.2, -0.15) is 0 Å². The Bertz CT molecular complexity index is 348. The minimum absolute atomic E-state index is 0.0282. The van der Waals surface area contributed by atoms with Gasteiger partial charge >= 0.3 is 7.60 Å². The van der Waals surface area contributed by atoms with Crippen LogP contribution in [-0.2, 0) is 13.9 Å². The fraction of sp³-hybridized carbons (Fsp3) is 0.857. The monoisotopic (exact) mass is 289 g/mol. The van der Waals surface area contributed by atoms with Crippen molar-refractivity contribution in [2.75, 3.05) is 13.2 Å². The Kier molecular flexibility index (Phi) is 5.53. The summed E-state index contributed by atoms with van der Waals surface area (Å²) in [5, 5.41) is 9.05. The molecule has 0 saturated heterocycles. The summed E-state index contributed by atoms with van der Waals surface area (Å²) in [5.74, 6) is -0.339. The minimum atomic E-state index is -5.14. The van der Waals surface area contributed by atoms with Gasteiger partial charge in [-0.05, 0) is 12.8 Å². The summed E-state index contributed by atoms with van der Waals surface area (Å²) in [5.41, 5.74) is 0. The molecule has 0 aliphatic rings. The third-order valence-electron chi connectivity index (χ3n) is 2.19. The Labute approximate surface area is 98.7 Å². The average molecular weight is 289 g/mol. The first-order valence-corrected chi connectivity index (χ1v) is 8.46. The molecule has 0 radical (unpaired) electrons. The first kappa shape index (κ1) is 16.8. The quantitative estimate of drug-likeness (QED) is 0.331. The van der Waals surface area contributed by atoms with Crippen LogP contribution in [0.3, 0.4) is 0 Å². The van der Waals surface area contributed by atoms with Gasteiger partial charge in [0.1, 0.15) is 0 Å². The van der Waals surface area contributed by atoms with E-state index in [9.17, 15) is 23.9 Å². The molecule has 0 saturated carbocycles. The topological polar surface area (TPSA) is 144 Å². The molecule has 0 rings (SSSR count). The van der Waals surface area contributed by atoms with Crippen LogP contribution in [0.1, 0.15) is 19.8 Å². The average Bonchev–Trinajstić information content (AvgIpc) is 2.07. The second kappa shape index (κ2) is 5.61. The molecule has 8 nitrogen and oxygen atoms in total. The smallest absolute Gasteiger partial charge is 0.366 e. The van der Waals surface area contributed by atoms with Crippen LogP contribution in [0.5, 0.6) is 0 Å². The van der Waals surface area contributed by atoms with Crippen molar-refractivity contribution < 1.29 is 33.7 Å². The van der Waals surface area contributed by atoms with Gasteiger partial charge in [-0.15, -0.1) is 0 Å². The van der Waals surface area contributed by atoms with Gasteiger partial charge in [0.15, 0.2) is 0 Å². The van der Waals surface area contributed by atoms with Crippen molar-refractivity contribution in [1.29, 1.82) is 0 Å². The number of hydrogen-bond acceptors (Lipinski definition) is 4. The van der Waals surface area contributed by atoms with Gasteiger partial charge in [0.05, 0.1) is 0 Å². The highest BCUT2D eigenvalue weighted by Gasteiger charge is 2.55. The van der Waals surface area contributed by atoms with Gasteiger partial charge in [-0.1, -0.05) is 0 Å². The molecule has 102 valence electrons. The summed E-state index contributed by atoms with van der Waals surface area (Å²) in [6.07, 6.45) is -0.610. The van der Waals surface area contributed by atoms with E-state index >= 15 is 0 Å². The zero-order chi connectivity index (χ0) is 13.9. The maximum atomic E-state index is 11.3. The van der Waals surface area contributed by atoms with Crippen LogP contribution in [0.4, 0.5) is 0 Å². The second-order valence-electron chi connectivity index (χ2n) is 3.78. The Morgan fingerprint density at radius 1 is 1.29 bits per heavy atom. The molecule has 0 spiro atoms. The fourth-order valence-corrected chi connectivity index (χ4v) is 4.14. The van der Waals surface area contributed by atoms with E-state index in [2.05, 4.69) is 5.32 Å². The van der Waals surface area contributed by atoms with Crippen molar-refractivity contribution in [2.45, 2.75) is 24.8 Å². The number of aliphatic hydroxyl groups is 1. The fourth-order valence-electron chi connectivity index (χ4n) is 1.18. The molecular formula is C7H17NO7P2. The van der Waals surface area contributed by atoms with E-state index in [0.717, 1.165) is 0 Å². The van der Waals surface area contributed by atoms with Crippen LogP contribution in [0, 0.1) is 0 Å². The summed E-state index contributed by atoms with van der Waals surface area (Å²) >= 11 is 0. The predicted octanol–water partition coefficient (Wildman–Crippen LogP) is -0.373. The highest BCUT2D eigenvalue weighted by molar-refractivity contribution is 7.74. The number of amides is 1. The van der Waals surface area contributed by atoms with Crippen LogP contribution in [0.25, 0.3) is 0 Å². The first-order valence-electron chi connectivity index (χ1n) is 4.74. The molecule has 17 heavy (non-hydrogen) atoms. The van der Waals surface area contributed by atoms with Crippen molar-refractivity contribution in [1.82, 2.24) is 5.32 Å². The standard InChI is InChI=1S/C7H17NO7P2/c1-6(9)8-5-3-4-7(10,16(2,11)12)17(13,14)15/h10H,3-5H2,1-2H3,(H,8,9)(H,11,12)(H2,13,14,15). The molecule has 0 heterocycles. The number of hydrogen-bond donors (Lipinski definition) is 5. The molecule has 1 amide bonds. The third-order valence-corrected chi connectivity index (χ3v) is 6.80. The lowest BCUT2D eigenvalue weighted by Crippen LogP contribution is -2.30. The second-order valence-corrected chi connectivity index (χ2v) is 8.46. The van der Waals surface area contributed by atoms with Crippen LogP contribution in [0.2, 0.25) is 0 Å². The predicted molar refractivity (Wildman–Crippen MR) is 60.7 cm³/mol. The van der Waals surface area contributed by atoms with Crippen LogP contribution in [0.15, 0.2) is 0 Å². The highest BCUT2D eigenvalue weighted by atomic mass is 31.2. The molecule has 0 bridgehead atoms. The zero-order valence-corrected chi connectivity index (χ0v) is 11.3. The Morgan fingerprint density at radius 3 is 2.06 bits per heavy atom. The van der Waals surface area contributed by atoms with Crippen molar-refractivity contribution in [2.24, 2.45) is 0 Å². The lowest BCUT2D eigenvalue weighted by Gasteiger charge is -2.30. The summed E-state index contributed by atoms with van der Waals surface area (Å²) in [6, 6.07) is 0. The number of rotatable bonds is 6. The Morgan fingerprint density at radius 2 is 1.76 bits per heavy atom. The number of carbonyl (C=O) groups excluding carboxylic acids is 1. The highest BCUT2D eigenvalue weighted by Crippen LogP contribution is 2.69. The van der Waals surface area contributed by atoms with Crippen molar-refractivity contribution in [3.8, 4) is 0 Å². The normalized spacial score (nSPS) is 19.2. The lowest BCUT2D eigenvalue weighted by atomic mass is 10.3. The molecule has 0 aliphatic carbocycles. The molecule has 2 unspecified atom stereocenters. The maximum Gasteiger partial charge on any atom is 0.366 e. The van der Waals surface area contributed by atoms with Crippen LogP contribution < -0.4 is 5.32 Å². The molecule has 10 heteroatoms. The molecule has 0 aromatic carbocycles. The summed E-state index contributed by atoms with van der Waals surface area (Å²) in [7, 11) is -9.54. The van der Waals surface area contributed by atoms with Crippen LogP contribution >= 0.6 is 15.0 Å². The first-order chi connectivity index (χ1) is 7.42. The van der Waals surface area contributed by atoms with Crippen molar-refractivity contribution in [3.05, 3.63) is 0 Å². The zero-order valence-electron chi connectivity index (χ0n) is 9.53. The third kappa shape index (κ3) is 4.50. The van der Waals surface area contributed by atoms with E-state index in [1.807, 2.05) is 0 Å². The van der Waals surface area contributed by atoms with Gasteiger partial charge in [0.2, 0.25) is 18.4 Å². The molecule has 0 aromatic heterocycles. The van der Waals surface area contributed by atoms with E-state index in [1.54, 1.807) is 0 Å². The molecule has 5 N–H and O–H groups in total. The van der Waals surface area contributed by atoms with E-state index in [-0.39, 0.29) is 18.9 Å². The van der Waals surface area contributed by atoms with Crippen molar-refractivity contribution >= 4 is 20.9 Å². The SMILES string of the molecule is CC(=O)NCCCC(O)(P(C)(=O)O)P(=O)(O)O. The molecule has 2 atom stereocenters. The number of nitrogens with one attached hydrogen (secondary N) is 1. The maximum absolute atomic E-state index is 11.3. The molecule has 0 fully saturated rings. The summed E-state index contributed by atoms with van der Waals surface area (Å²) in [6.45, 7) is 1.99. The summed E-state index contributed by atoms with van der Waals surface area (Å²) in [4.78, 5) is 37.6. The van der Waals surface area contributed by atoms with E-state index in [0.29, 0.717) is 6.66 Å².